The molecule has 1 aliphatic carbocycles. The molecule has 0 amide bonds. The number of aromatic nitrogens is 1. The van der Waals surface area contributed by atoms with Gasteiger partial charge < -0.3 is 4.90 Å². The zero-order chi connectivity index (χ0) is 13.9. The fourth-order valence-corrected chi connectivity index (χ4v) is 3.60. The predicted molar refractivity (Wildman–Crippen MR) is 78.4 cm³/mol. The molecule has 0 radical (unpaired) electrons. The van der Waals surface area contributed by atoms with Crippen LogP contribution in [0.1, 0.15) is 44.2 Å². The van der Waals surface area contributed by atoms with Crippen LogP contribution in [-0.4, -0.2) is 29.5 Å². The topological polar surface area (TPSA) is 54.2 Å². The largest absolute Gasteiger partial charge is 0.302 e. The van der Waals surface area contributed by atoms with Crippen LogP contribution in [0.4, 0.5) is 0 Å². The Hall–Kier alpha value is -0.970. The number of rotatable bonds is 4. The van der Waals surface area contributed by atoms with Crippen molar-refractivity contribution in [3.8, 4) is 0 Å². The summed E-state index contributed by atoms with van der Waals surface area (Å²) in [4.78, 5) is 6.59. The van der Waals surface area contributed by atoms with Crippen molar-refractivity contribution in [1.82, 2.24) is 15.3 Å². The fourth-order valence-electron chi connectivity index (χ4n) is 3.60. The third-order valence-corrected chi connectivity index (χ3v) is 4.62. The molecule has 2 rings (SSSR count). The highest BCUT2D eigenvalue weighted by molar-refractivity contribution is 5.20. The van der Waals surface area contributed by atoms with E-state index in [2.05, 4.69) is 42.4 Å². The van der Waals surface area contributed by atoms with Gasteiger partial charge in [-0.05, 0) is 44.5 Å². The van der Waals surface area contributed by atoms with Gasteiger partial charge in [0.1, 0.15) is 0 Å². The van der Waals surface area contributed by atoms with Gasteiger partial charge in [0.2, 0.25) is 0 Å². The second-order valence-corrected chi connectivity index (χ2v) is 6.09. The number of likely N-dealkylation sites (N-methyl/N-ethyl adjacent to an activating group) is 1. The maximum absolute atomic E-state index is 5.90. The highest BCUT2D eigenvalue weighted by atomic mass is 15.3. The Labute approximate surface area is 116 Å². The first-order valence-electron chi connectivity index (χ1n) is 7.13. The predicted octanol–water partition coefficient (Wildman–Crippen LogP) is 2.10. The lowest BCUT2D eigenvalue weighted by Crippen LogP contribution is -2.57. The molecule has 3 N–H and O–H groups in total. The molecular weight excluding hydrogens is 236 g/mol. The van der Waals surface area contributed by atoms with E-state index in [0.717, 1.165) is 5.92 Å². The average molecular weight is 262 g/mol. The lowest BCUT2D eigenvalue weighted by atomic mass is 9.70. The molecule has 4 heteroatoms. The molecule has 1 fully saturated rings. The molecule has 19 heavy (non-hydrogen) atoms. The number of hydrazine groups is 1. The molecule has 0 bridgehead atoms. The van der Waals surface area contributed by atoms with Gasteiger partial charge in [0.15, 0.2) is 0 Å². The first kappa shape index (κ1) is 14.4. The van der Waals surface area contributed by atoms with Crippen molar-refractivity contribution in [2.45, 2.75) is 44.2 Å². The number of nitrogens with zero attached hydrogens (tertiary/aromatic N) is 2. The average Bonchev–Trinajstić information content (AvgIpc) is 2.40. The Balaban J connectivity index is 2.36. The molecule has 1 heterocycles. The second-order valence-electron chi connectivity index (χ2n) is 6.09. The van der Waals surface area contributed by atoms with Crippen LogP contribution >= 0.6 is 0 Å². The second kappa shape index (κ2) is 5.99. The van der Waals surface area contributed by atoms with Gasteiger partial charge in [-0.2, -0.15) is 0 Å². The summed E-state index contributed by atoms with van der Waals surface area (Å²) in [5, 5.41) is 0. The van der Waals surface area contributed by atoms with Crippen LogP contribution in [0.2, 0.25) is 0 Å². The summed E-state index contributed by atoms with van der Waals surface area (Å²) >= 11 is 0. The molecule has 1 aromatic heterocycles. The summed E-state index contributed by atoms with van der Waals surface area (Å²) in [6, 6.07) is 4.22. The van der Waals surface area contributed by atoms with Gasteiger partial charge in [-0.1, -0.05) is 25.8 Å². The van der Waals surface area contributed by atoms with E-state index in [1.807, 2.05) is 18.5 Å². The maximum Gasteiger partial charge on any atom is 0.0658 e. The van der Waals surface area contributed by atoms with Crippen LogP contribution in [0.5, 0.6) is 0 Å². The van der Waals surface area contributed by atoms with Crippen molar-refractivity contribution < 1.29 is 0 Å². The van der Waals surface area contributed by atoms with Gasteiger partial charge in [-0.15, -0.1) is 0 Å². The van der Waals surface area contributed by atoms with Crippen LogP contribution < -0.4 is 11.3 Å². The van der Waals surface area contributed by atoms with Crippen molar-refractivity contribution in [2.75, 3.05) is 14.1 Å². The zero-order valence-electron chi connectivity index (χ0n) is 12.3. The fraction of sp³-hybridized carbons (Fsp3) is 0.667. The van der Waals surface area contributed by atoms with Crippen LogP contribution in [0.15, 0.2) is 24.5 Å². The third kappa shape index (κ3) is 2.81. The van der Waals surface area contributed by atoms with Crippen molar-refractivity contribution in [1.29, 1.82) is 0 Å². The molecule has 106 valence electrons. The van der Waals surface area contributed by atoms with Crippen molar-refractivity contribution in [3.05, 3.63) is 30.1 Å². The van der Waals surface area contributed by atoms with Gasteiger partial charge >= 0.3 is 0 Å². The Bertz CT molecular complexity index is 392. The van der Waals surface area contributed by atoms with E-state index in [1.54, 1.807) is 0 Å². The molecule has 1 saturated carbocycles. The van der Waals surface area contributed by atoms with E-state index in [1.165, 1.54) is 31.2 Å². The number of hydrogen-bond acceptors (Lipinski definition) is 4. The van der Waals surface area contributed by atoms with E-state index in [0.29, 0.717) is 0 Å². The highest BCUT2D eigenvalue weighted by Gasteiger charge is 2.44. The molecule has 3 atom stereocenters. The standard InChI is InChI=1S/C15H26N4/c1-12-6-4-8-15(10-12,19(2)3)14(18-16)13-7-5-9-17-11-13/h5,7,9,11-12,14,18H,4,6,8,10,16H2,1-3H3. The summed E-state index contributed by atoms with van der Waals surface area (Å²) in [7, 11) is 4.33. The number of nitrogens with one attached hydrogen (secondary N) is 1. The van der Waals surface area contributed by atoms with E-state index in [4.69, 9.17) is 5.84 Å². The molecule has 0 saturated heterocycles. The van der Waals surface area contributed by atoms with Crippen LogP contribution in [0.3, 0.4) is 0 Å². The van der Waals surface area contributed by atoms with Crippen LogP contribution in [-0.2, 0) is 0 Å². The first-order chi connectivity index (χ1) is 9.10. The zero-order valence-corrected chi connectivity index (χ0v) is 12.3. The highest BCUT2D eigenvalue weighted by Crippen LogP contribution is 2.43. The minimum absolute atomic E-state index is 0.0788. The SMILES string of the molecule is CC1CCCC(C(NN)c2cccnc2)(N(C)C)C1. The lowest BCUT2D eigenvalue weighted by Gasteiger charge is -2.50. The van der Waals surface area contributed by atoms with Gasteiger partial charge in [0.05, 0.1) is 6.04 Å². The number of hydrogen-bond donors (Lipinski definition) is 2. The van der Waals surface area contributed by atoms with Crippen LogP contribution in [0.25, 0.3) is 0 Å². The molecule has 1 aliphatic rings. The lowest BCUT2D eigenvalue weighted by molar-refractivity contribution is 0.0365. The van der Waals surface area contributed by atoms with E-state index < -0.39 is 0 Å². The van der Waals surface area contributed by atoms with Gasteiger partial charge in [-0.3, -0.25) is 16.3 Å². The molecule has 1 aromatic rings. The Morgan fingerprint density at radius 2 is 2.32 bits per heavy atom. The third-order valence-electron chi connectivity index (χ3n) is 4.62. The number of pyridine rings is 1. The van der Waals surface area contributed by atoms with Crippen LogP contribution in [0, 0.1) is 5.92 Å². The van der Waals surface area contributed by atoms with E-state index in [-0.39, 0.29) is 11.6 Å². The molecule has 0 aromatic carbocycles. The maximum atomic E-state index is 5.90. The Kier molecular flexibility index (Phi) is 4.55. The molecule has 0 spiro atoms. The normalized spacial score (nSPS) is 29.4. The summed E-state index contributed by atoms with van der Waals surface area (Å²) < 4.78 is 0. The minimum Gasteiger partial charge on any atom is -0.302 e. The van der Waals surface area contributed by atoms with Gasteiger partial charge in [0.25, 0.3) is 0 Å². The minimum atomic E-state index is 0.0788. The van der Waals surface area contributed by atoms with E-state index >= 15 is 0 Å². The quantitative estimate of drug-likeness (QED) is 0.644. The number of nitrogens with two attached hydrogens (primary N) is 1. The van der Waals surface area contributed by atoms with Crippen molar-refractivity contribution in [2.24, 2.45) is 11.8 Å². The monoisotopic (exact) mass is 262 g/mol. The summed E-state index contributed by atoms with van der Waals surface area (Å²) in [6.07, 6.45) is 8.66. The Morgan fingerprint density at radius 1 is 1.53 bits per heavy atom. The Morgan fingerprint density at radius 3 is 2.84 bits per heavy atom. The summed E-state index contributed by atoms with van der Waals surface area (Å²) in [6.45, 7) is 2.34. The molecule has 0 aliphatic heterocycles. The van der Waals surface area contributed by atoms with Crippen molar-refractivity contribution in [3.63, 3.8) is 0 Å². The molecule has 3 unspecified atom stereocenters. The first-order valence-corrected chi connectivity index (χ1v) is 7.13. The van der Waals surface area contributed by atoms with E-state index in [9.17, 15) is 0 Å². The smallest absolute Gasteiger partial charge is 0.0658 e. The molecule has 4 nitrogen and oxygen atoms in total. The van der Waals surface area contributed by atoms with Crippen molar-refractivity contribution >= 4 is 0 Å². The summed E-state index contributed by atoms with van der Waals surface area (Å²) in [5.74, 6) is 6.64. The summed E-state index contributed by atoms with van der Waals surface area (Å²) in [5.41, 5.74) is 4.30. The van der Waals surface area contributed by atoms with Gasteiger partial charge in [0, 0.05) is 17.9 Å². The van der Waals surface area contributed by atoms with Gasteiger partial charge in [-0.25, -0.2) is 0 Å². The molecular formula is C15H26N4.